The van der Waals surface area contributed by atoms with Gasteiger partial charge in [0.15, 0.2) is 8.32 Å². The Morgan fingerprint density at radius 1 is 1.12 bits per heavy atom. The van der Waals surface area contributed by atoms with Crippen LogP contribution in [-0.2, 0) is 22.8 Å². The molecule has 1 saturated heterocycles. The summed E-state index contributed by atoms with van der Waals surface area (Å²) in [7, 11) is -6.54. The smallest absolute Gasteiger partial charge is 0.402 e. The summed E-state index contributed by atoms with van der Waals surface area (Å²) in [5, 5.41) is 0.0363. The van der Waals surface area contributed by atoms with Crippen molar-refractivity contribution in [1.29, 1.82) is 0 Å². The maximum Gasteiger partial charge on any atom is 0.402 e. The maximum atomic E-state index is 14.7. The third-order valence-electron chi connectivity index (χ3n) is 4.89. The summed E-state index contributed by atoms with van der Waals surface area (Å²) in [4.78, 5) is 0. The van der Waals surface area contributed by atoms with Crippen LogP contribution < -0.4 is 0 Å². The first-order valence-electron chi connectivity index (χ1n) is 8.87. The highest BCUT2D eigenvalue weighted by Crippen LogP contribution is 2.65. The summed E-state index contributed by atoms with van der Waals surface area (Å²) in [5.74, 6) is 0. The van der Waals surface area contributed by atoms with E-state index in [9.17, 15) is 13.3 Å². The van der Waals surface area contributed by atoms with Gasteiger partial charge in [-0.3, -0.25) is 4.57 Å². The van der Waals surface area contributed by atoms with E-state index in [1.54, 1.807) is 0 Å². The van der Waals surface area contributed by atoms with Gasteiger partial charge in [-0.05, 0) is 44.8 Å². The van der Waals surface area contributed by atoms with E-state index in [1.807, 2.05) is 0 Å². The molecule has 0 aromatic carbocycles. The lowest BCUT2D eigenvalue weighted by atomic mass is 10.2. The van der Waals surface area contributed by atoms with Gasteiger partial charge in [-0.1, -0.05) is 20.8 Å². The molecule has 1 aliphatic heterocycles. The molecule has 0 unspecified atom stereocenters. The first kappa shape index (κ1) is 23.2. The van der Waals surface area contributed by atoms with Gasteiger partial charge < -0.3 is 18.2 Å². The number of halogens is 2. The molecule has 0 saturated carbocycles. The zero-order valence-corrected chi connectivity index (χ0v) is 18.3. The fraction of sp³-hybridized carbons (Fsp3) is 1.00. The van der Waals surface area contributed by atoms with Gasteiger partial charge in [0.05, 0.1) is 25.9 Å². The highest BCUT2D eigenvalue weighted by atomic mass is 31.2. The van der Waals surface area contributed by atoms with Gasteiger partial charge in [0.1, 0.15) is 6.10 Å². The van der Waals surface area contributed by atoms with E-state index >= 15 is 0 Å². The van der Waals surface area contributed by atoms with Gasteiger partial charge >= 0.3 is 13.3 Å². The van der Waals surface area contributed by atoms with Gasteiger partial charge in [0, 0.05) is 0 Å². The first-order chi connectivity index (χ1) is 11.3. The van der Waals surface area contributed by atoms with Crippen molar-refractivity contribution in [2.24, 2.45) is 0 Å². The molecule has 0 bridgehead atoms. The molecule has 0 aromatic heterocycles. The van der Waals surface area contributed by atoms with Crippen LogP contribution in [0.1, 0.15) is 47.5 Å². The summed E-state index contributed by atoms with van der Waals surface area (Å²) in [5.41, 5.74) is -3.68. The lowest BCUT2D eigenvalue weighted by Crippen LogP contribution is -2.43. The third-order valence-corrected chi connectivity index (χ3v) is 11.6. The van der Waals surface area contributed by atoms with Gasteiger partial charge in [-0.15, -0.1) is 0 Å². The van der Waals surface area contributed by atoms with Crippen LogP contribution >= 0.6 is 7.60 Å². The molecule has 150 valence electrons. The zero-order valence-electron chi connectivity index (χ0n) is 16.4. The van der Waals surface area contributed by atoms with Crippen molar-refractivity contribution in [3.05, 3.63) is 0 Å². The molecule has 0 radical (unpaired) electrons. The zero-order chi connectivity index (χ0) is 19.5. The molecule has 0 amide bonds. The molecular weight excluding hydrogens is 369 g/mol. The molecule has 25 heavy (non-hydrogen) atoms. The van der Waals surface area contributed by atoms with E-state index in [0.717, 1.165) is 0 Å². The number of rotatable bonds is 9. The van der Waals surface area contributed by atoms with Crippen molar-refractivity contribution < 1.29 is 31.6 Å². The SMILES string of the molecule is CCOP(=O)(OCC)C(F)(F)[C@H]1CC[C@@H](CO[Si](C)(C)C(C)(C)C)O1. The fourth-order valence-electron chi connectivity index (χ4n) is 2.33. The Hall–Kier alpha value is 0.147. The second-order valence-electron chi connectivity index (χ2n) is 7.82. The molecule has 1 heterocycles. The van der Waals surface area contributed by atoms with Crippen LogP contribution in [-0.4, -0.2) is 46.0 Å². The van der Waals surface area contributed by atoms with Crippen LogP contribution in [0.2, 0.25) is 18.1 Å². The normalized spacial score (nSPS) is 23.2. The van der Waals surface area contributed by atoms with Crippen LogP contribution in [0.5, 0.6) is 0 Å². The lowest BCUT2D eigenvalue weighted by molar-refractivity contribution is -0.101. The number of hydrogen-bond donors (Lipinski definition) is 0. The molecular formula is C16H33F2O5PSi. The van der Waals surface area contributed by atoms with E-state index in [0.29, 0.717) is 6.42 Å². The number of hydrogen-bond acceptors (Lipinski definition) is 5. The fourth-order valence-corrected chi connectivity index (χ4v) is 5.00. The minimum atomic E-state index is -4.57. The number of ether oxygens (including phenoxy) is 1. The average molecular weight is 402 g/mol. The highest BCUT2D eigenvalue weighted by molar-refractivity contribution is 7.55. The summed E-state index contributed by atoms with van der Waals surface area (Å²) in [6.45, 7) is 13.6. The molecule has 0 aromatic rings. The summed E-state index contributed by atoms with van der Waals surface area (Å²) < 4.78 is 63.1. The Balaban J connectivity index is 2.73. The lowest BCUT2D eigenvalue weighted by Gasteiger charge is -2.37. The average Bonchev–Trinajstić information content (AvgIpc) is 2.94. The van der Waals surface area contributed by atoms with Crippen molar-refractivity contribution in [2.75, 3.05) is 19.8 Å². The molecule has 0 N–H and O–H groups in total. The number of alkyl halides is 2. The van der Waals surface area contributed by atoms with Crippen LogP contribution in [0.3, 0.4) is 0 Å². The van der Waals surface area contributed by atoms with Crippen LogP contribution in [0.15, 0.2) is 0 Å². The van der Waals surface area contributed by atoms with Crippen LogP contribution in [0.4, 0.5) is 8.78 Å². The summed E-state index contributed by atoms with van der Waals surface area (Å²) in [6.07, 6.45) is -1.37. The van der Waals surface area contributed by atoms with Crippen LogP contribution in [0.25, 0.3) is 0 Å². The molecule has 5 nitrogen and oxygen atoms in total. The van der Waals surface area contributed by atoms with Gasteiger partial charge in [0.2, 0.25) is 0 Å². The van der Waals surface area contributed by atoms with Crippen molar-refractivity contribution >= 4 is 15.9 Å². The monoisotopic (exact) mass is 402 g/mol. The van der Waals surface area contributed by atoms with Crippen molar-refractivity contribution in [2.45, 2.75) is 83.5 Å². The van der Waals surface area contributed by atoms with E-state index in [-0.39, 0.29) is 31.3 Å². The van der Waals surface area contributed by atoms with Gasteiger partial charge in [-0.2, -0.15) is 8.78 Å². The Bertz CT molecular complexity index is 472. The quantitative estimate of drug-likeness (QED) is 0.381. The molecule has 1 fully saturated rings. The van der Waals surface area contributed by atoms with E-state index < -0.39 is 33.8 Å². The van der Waals surface area contributed by atoms with Crippen molar-refractivity contribution in [3.63, 3.8) is 0 Å². The third kappa shape index (κ3) is 5.33. The molecule has 0 aliphatic carbocycles. The van der Waals surface area contributed by atoms with Gasteiger partial charge in [-0.25, -0.2) is 0 Å². The van der Waals surface area contributed by atoms with Gasteiger partial charge in [0.25, 0.3) is 0 Å². The minimum Gasteiger partial charge on any atom is -0.414 e. The Labute approximate surface area is 151 Å². The van der Waals surface area contributed by atoms with E-state index in [1.165, 1.54) is 13.8 Å². The first-order valence-corrected chi connectivity index (χ1v) is 13.3. The standard InChI is InChI=1S/C16H33F2O5PSi/c1-8-20-24(19,21-9-2)16(17,18)14-11-10-13(23-14)12-22-25(6,7)15(3,4)5/h13-14H,8-12H2,1-7H3/t13-,14+/m0/s1. The highest BCUT2D eigenvalue weighted by Gasteiger charge is 2.61. The Morgan fingerprint density at radius 2 is 1.64 bits per heavy atom. The molecule has 1 aliphatic rings. The topological polar surface area (TPSA) is 54.0 Å². The second-order valence-corrected chi connectivity index (χ2v) is 14.7. The second kappa shape index (κ2) is 8.44. The van der Waals surface area contributed by atoms with E-state index in [4.69, 9.17) is 18.2 Å². The molecule has 1 rings (SSSR count). The minimum absolute atomic E-state index is 0.0363. The Morgan fingerprint density at radius 3 is 2.08 bits per heavy atom. The summed E-state index contributed by atoms with van der Waals surface area (Å²) in [6, 6.07) is 0. The largest absolute Gasteiger partial charge is 0.414 e. The molecule has 2 atom stereocenters. The van der Waals surface area contributed by atoms with E-state index in [2.05, 4.69) is 33.9 Å². The predicted octanol–water partition coefficient (Wildman–Crippen LogP) is 5.41. The molecule has 9 heteroatoms. The van der Waals surface area contributed by atoms with Crippen molar-refractivity contribution in [1.82, 2.24) is 0 Å². The predicted molar refractivity (Wildman–Crippen MR) is 96.8 cm³/mol. The maximum absolute atomic E-state index is 14.7. The van der Waals surface area contributed by atoms with Crippen LogP contribution in [0, 0.1) is 0 Å². The van der Waals surface area contributed by atoms with Crippen molar-refractivity contribution in [3.8, 4) is 0 Å². The summed E-state index contributed by atoms with van der Waals surface area (Å²) >= 11 is 0. The Kier molecular flexibility index (Phi) is 7.83. The molecule has 0 spiro atoms.